The average molecular weight is 333 g/mol. The largest absolute Gasteiger partial charge is 0.381 e. The van der Waals surface area contributed by atoms with Gasteiger partial charge in [0.2, 0.25) is 0 Å². The van der Waals surface area contributed by atoms with Crippen LogP contribution in [0.25, 0.3) is 16.9 Å². The summed E-state index contributed by atoms with van der Waals surface area (Å²) in [6, 6.07) is 14.5. The predicted octanol–water partition coefficient (Wildman–Crippen LogP) is 3.05. The zero-order valence-corrected chi connectivity index (χ0v) is 13.9. The smallest absolute Gasteiger partial charge is 0.154 e. The van der Waals surface area contributed by atoms with Crippen molar-refractivity contribution in [1.82, 2.24) is 14.6 Å². The molecule has 3 heterocycles. The highest BCUT2D eigenvalue weighted by Gasteiger charge is 2.15. The van der Waals surface area contributed by atoms with Crippen LogP contribution >= 0.6 is 0 Å². The maximum Gasteiger partial charge on any atom is 0.154 e. The Balaban J connectivity index is 1.63. The third-order valence-electron chi connectivity index (χ3n) is 4.47. The molecule has 0 aliphatic carbocycles. The molecular formula is C19H19N5O. The first-order chi connectivity index (χ1) is 12.3. The maximum absolute atomic E-state index is 8.79. The maximum atomic E-state index is 8.79. The molecule has 0 radical (unpaired) electrons. The van der Waals surface area contributed by atoms with E-state index in [0.29, 0.717) is 12.5 Å². The molecule has 1 aliphatic rings. The minimum atomic E-state index is 0.399. The number of aromatic nitrogens is 3. The monoisotopic (exact) mass is 333 g/mol. The molecule has 1 N–H and O–H groups in total. The van der Waals surface area contributed by atoms with Crippen molar-refractivity contribution in [3.05, 3.63) is 48.2 Å². The van der Waals surface area contributed by atoms with Gasteiger partial charge < -0.3 is 10.1 Å². The van der Waals surface area contributed by atoms with Gasteiger partial charge >= 0.3 is 0 Å². The third-order valence-corrected chi connectivity index (χ3v) is 4.47. The number of anilines is 1. The molecule has 1 aromatic carbocycles. The summed E-state index contributed by atoms with van der Waals surface area (Å²) in [5.41, 5.74) is 3.79. The Morgan fingerprint density at radius 2 is 1.96 bits per heavy atom. The lowest BCUT2D eigenvalue weighted by Crippen LogP contribution is -2.28. The molecule has 1 aliphatic heterocycles. The fourth-order valence-electron chi connectivity index (χ4n) is 3.08. The Hall–Kier alpha value is -2.91. The molecule has 0 spiro atoms. The molecule has 6 nitrogen and oxygen atoms in total. The highest BCUT2D eigenvalue weighted by atomic mass is 16.5. The van der Waals surface area contributed by atoms with E-state index in [9.17, 15) is 0 Å². The van der Waals surface area contributed by atoms with Crippen LogP contribution in [0, 0.1) is 11.3 Å². The minimum absolute atomic E-state index is 0.399. The predicted molar refractivity (Wildman–Crippen MR) is 95.2 cm³/mol. The quantitative estimate of drug-likeness (QED) is 0.794. The van der Waals surface area contributed by atoms with E-state index >= 15 is 0 Å². The van der Waals surface area contributed by atoms with Gasteiger partial charge in [0.25, 0.3) is 0 Å². The molecule has 1 fully saturated rings. The molecule has 0 saturated carbocycles. The Morgan fingerprint density at radius 1 is 1.16 bits per heavy atom. The minimum Gasteiger partial charge on any atom is -0.381 e. The number of nitrogens with one attached hydrogen (secondary N) is 1. The second-order valence-corrected chi connectivity index (χ2v) is 6.19. The highest BCUT2D eigenvalue weighted by molar-refractivity contribution is 5.64. The first-order valence-corrected chi connectivity index (χ1v) is 8.49. The summed E-state index contributed by atoms with van der Waals surface area (Å²) in [5, 5.41) is 17.0. The summed E-state index contributed by atoms with van der Waals surface area (Å²) in [7, 11) is 0. The fourth-order valence-corrected chi connectivity index (χ4v) is 3.08. The van der Waals surface area contributed by atoms with Gasteiger partial charge in [-0.3, -0.25) is 0 Å². The number of fused-ring (bicyclic) bond motifs is 1. The van der Waals surface area contributed by atoms with E-state index < -0.39 is 0 Å². The summed E-state index contributed by atoms with van der Waals surface area (Å²) in [5.74, 6) is 0.847. The van der Waals surface area contributed by atoms with Gasteiger partial charge in [0.15, 0.2) is 5.65 Å². The molecule has 4 rings (SSSR count). The summed E-state index contributed by atoms with van der Waals surface area (Å²) >= 11 is 0. The first-order valence-electron chi connectivity index (χ1n) is 8.49. The van der Waals surface area contributed by atoms with Crippen molar-refractivity contribution < 1.29 is 4.74 Å². The van der Waals surface area contributed by atoms with Crippen LogP contribution < -0.4 is 5.32 Å². The van der Waals surface area contributed by atoms with Gasteiger partial charge in [0.1, 0.15) is 5.82 Å². The van der Waals surface area contributed by atoms with Gasteiger partial charge in [-0.25, -0.2) is 9.50 Å². The lowest BCUT2D eigenvalue weighted by atomic mass is 10.1. The molecule has 126 valence electrons. The number of benzene rings is 1. The number of imidazole rings is 1. The van der Waals surface area contributed by atoms with E-state index in [1.165, 1.54) is 0 Å². The van der Waals surface area contributed by atoms with Gasteiger partial charge in [-0.05, 0) is 30.5 Å². The van der Waals surface area contributed by atoms with Crippen molar-refractivity contribution in [3.8, 4) is 17.3 Å². The van der Waals surface area contributed by atoms with Crippen LogP contribution in [0.5, 0.6) is 0 Å². The second kappa shape index (κ2) is 6.91. The van der Waals surface area contributed by atoms with Gasteiger partial charge in [-0.2, -0.15) is 5.26 Å². The van der Waals surface area contributed by atoms with Crippen LogP contribution in [0.2, 0.25) is 0 Å². The van der Waals surface area contributed by atoms with Crippen molar-refractivity contribution in [2.24, 2.45) is 0 Å². The van der Waals surface area contributed by atoms with Crippen molar-refractivity contribution in [2.45, 2.75) is 25.3 Å². The Bertz CT molecular complexity index is 904. The van der Waals surface area contributed by atoms with Crippen molar-refractivity contribution in [3.63, 3.8) is 0 Å². The Labute approximate surface area is 146 Å². The zero-order chi connectivity index (χ0) is 17.1. The molecular weight excluding hydrogens is 314 g/mol. The standard InChI is InChI=1S/C19H19N5O/c20-10-7-14-1-3-15(4-2-14)17-13-21-19-6-5-18(23-24(17)19)22-16-8-11-25-12-9-16/h1-6,13,16H,7-9,11-12H2,(H,22,23). The van der Waals surface area contributed by atoms with Gasteiger partial charge in [0, 0.05) is 24.8 Å². The summed E-state index contributed by atoms with van der Waals surface area (Å²) in [4.78, 5) is 4.44. The SMILES string of the molecule is N#CCc1ccc(-c2cnc3ccc(NC4CCOCC4)nn23)cc1. The van der Waals surface area contributed by atoms with E-state index in [-0.39, 0.29) is 0 Å². The van der Waals surface area contributed by atoms with Gasteiger partial charge in [-0.15, -0.1) is 5.10 Å². The van der Waals surface area contributed by atoms with Crippen molar-refractivity contribution in [1.29, 1.82) is 5.26 Å². The van der Waals surface area contributed by atoms with Crippen LogP contribution in [0.1, 0.15) is 18.4 Å². The number of hydrogen-bond acceptors (Lipinski definition) is 5. The molecule has 3 aromatic rings. The van der Waals surface area contributed by atoms with Crippen LogP contribution in [0.4, 0.5) is 5.82 Å². The molecule has 0 atom stereocenters. The number of ether oxygens (including phenoxy) is 1. The zero-order valence-electron chi connectivity index (χ0n) is 13.9. The molecule has 1 saturated heterocycles. The highest BCUT2D eigenvalue weighted by Crippen LogP contribution is 2.22. The third kappa shape index (κ3) is 3.32. The second-order valence-electron chi connectivity index (χ2n) is 6.19. The summed E-state index contributed by atoms with van der Waals surface area (Å²) in [6.07, 6.45) is 4.25. The van der Waals surface area contributed by atoms with Crippen LogP contribution in [-0.4, -0.2) is 33.9 Å². The topological polar surface area (TPSA) is 75.2 Å². The lowest BCUT2D eigenvalue weighted by Gasteiger charge is -2.23. The van der Waals surface area contributed by atoms with Gasteiger partial charge in [0.05, 0.1) is 24.4 Å². The fraction of sp³-hybridized carbons (Fsp3) is 0.316. The van der Waals surface area contributed by atoms with Gasteiger partial charge in [-0.1, -0.05) is 24.3 Å². The summed E-state index contributed by atoms with van der Waals surface area (Å²) < 4.78 is 7.27. The molecule has 6 heteroatoms. The van der Waals surface area contributed by atoms with E-state index in [1.54, 1.807) is 0 Å². The van der Waals surface area contributed by atoms with E-state index in [1.807, 2.05) is 47.1 Å². The molecule has 0 unspecified atom stereocenters. The van der Waals surface area contributed by atoms with Crippen LogP contribution in [0.15, 0.2) is 42.6 Å². The Morgan fingerprint density at radius 3 is 2.72 bits per heavy atom. The molecule has 0 amide bonds. The average Bonchev–Trinajstić information content (AvgIpc) is 3.07. The van der Waals surface area contributed by atoms with E-state index in [0.717, 1.165) is 54.3 Å². The summed E-state index contributed by atoms with van der Waals surface area (Å²) in [6.45, 7) is 1.59. The molecule has 2 aromatic heterocycles. The van der Waals surface area contributed by atoms with Crippen molar-refractivity contribution >= 4 is 11.5 Å². The number of nitrogens with zero attached hydrogens (tertiary/aromatic N) is 4. The Kier molecular flexibility index (Phi) is 4.32. The number of nitriles is 1. The van der Waals surface area contributed by atoms with E-state index in [4.69, 9.17) is 15.1 Å². The molecule has 0 bridgehead atoms. The van der Waals surface area contributed by atoms with Crippen LogP contribution in [0.3, 0.4) is 0 Å². The van der Waals surface area contributed by atoms with Crippen LogP contribution in [-0.2, 0) is 11.2 Å². The number of hydrogen-bond donors (Lipinski definition) is 1. The first kappa shape index (κ1) is 15.6. The number of rotatable bonds is 4. The lowest BCUT2D eigenvalue weighted by molar-refractivity contribution is 0.0903. The molecule has 25 heavy (non-hydrogen) atoms. The van der Waals surface area contributed by atoms with Crippen molar-refractivity contribution in [2.75, 3.05) is 18.5 Å². The normalized spacial score (nSPS) is 15.2. The van der Waals surface area contributed by atoms with E-state index in [2.05, 4.69) is 16.4 Å².